The summed E-state index contributed by atoms with van der Waals surface area (Å²) in [6, 6.07) is 8.58. The van der Waals surface area contributed by atoms with Crippen LogP contribution in [0.25, 0.3) is 0 Å². The van der Waals surface area contributed by atoms with Crippen molar-refractivity contribution < 1.29 is 31.9 Å². The molecule has 1 aliphatic carbocycles. The largest absolute Gasteiger partial charge is 0.444 e. The number of carbonyl (C=O) groups excluding carboxylic acids is 2. The predicted octanol–water partition coefficient (Wildman–Crippen LogP) is 6.40. The number of nitriles is 1. The van der Waals surface area contributed by atoms with Crippen molar-refractivity contribution in [3.8, 4) is 6.07 Å². The van der Waals surface area contributed by atoms with Crippen LogP contribution in [0.4, 0.5) is 28.0 Å². The van der Waals surface area contributed by atoms with E-state index in [0.717, 1.165) is 18.2 Å². The van der Waals surface area contributed by atoms with Gasteiger partial charge in [-0.3, -0.25) is 4.79 Å². The Balaban J connectivity index is 2.11. The van der Waals surface area contributed by atoms with Crippen LogP contribution < -0.4 is 10.6 Å². The molecule has 0 aromatic heterocycles. The highest BCUT2D eigenvalue weighted by molar-refractivity contribution is 5.99. The molecule has 2 aromatic rings. The lowest BCUT2D eigenvalue weighted by molar-refractivity contribution is -0.137. The third kappa shape index (κ3) is 6.62. The maximum absolute atomic E-state index is 15.1. The molecule has 6 nitrogen and oxygen atoms in total. The Kier molecular flexibility index (Phi) is 7.72. The standard InChI is InChI=1S/C26H25F4N3O3/c1-25(2,3)36-24(35)33-23(18-11-10-15(14-31)12-19(18)27)22-20(8-5-9-21(22)34)32-17-7-4-6-16(13-17)26(28,29)30/h4,6-7,10-13,23,32H,5,8-9H2,1-3H3,(H,33,35). The van der Waals surface area contributed by atoms with Crippen LogP contribution in [-0.2, 0) is 15.7 Å². The number of nitrogens with one attached hydrogen (secondary N) is 2. The molecular formula is C26H25F4N3O3. The minimum Gasteiger partial charge on any atom is -0.444 e. The number of anilines is 1. The van der Waals surface area contributed by atoms with Crippen molar-refractivity contribution in [2.75, 3.05) is 5.32 Å². The summed E-state index contributed by atoms with van der Waals surface area (Å²) in [4.78, 5) is 25.8. The normalized spacial score (nSPS) is 15.2. The van der Waals surface area contributed by atoms with Gasteiger partial charge in [-0.25, -0.2) is 9.18 Å². The molecule has 10 heteroatoms. The summed E-state index contributed by atoms with van der Waals surface area (Å²) in [5.41, 5.74) is -1.46. The fourth-order valence-corrected chi connectivity index (χ4v) is 3.84. The van der Waals surface area contributed by atoms with Crippen LogP contribution in [0.5, 0.6) is 0 Å². The first kappa shape index (κ1) is 26.7. The van der Waals surface area contributed by atoms with E-state index in [0.29, 0.717) is 6.42 Å². The number of hydrogen-bond acceptors (Lipinski definition) is 5. The van der Waals surface area contributed by atoms with Gasteiger partial charge in [0, 0.05) is 28.9 Å². The van der Waals surface area contributed by atoms with E-state index >= 15 is 4.39 Å². The number of halogens is 4. The molecule has 1 atom stereocenters. The van der Waals surface area contributed by atoms with E-state index in [2.05, 4.69) is 10.6 Å². The summed E-state index contributed by atoms with van der Waals surface area (Å²) in [5, 5.41) is 14.5. The molecule has 0 saturated heterocycles. The Morgan fingerprint density at radius 2 is 1.83 bits per heavy atom. The number of alkyl halides is 3. The number of hydrogen-bond donors (Lipinski definition) is 2. The lowest BCUT2D eigenvalue weighted by Crippen LogP contribution is -2.38. The van der Waals surface area contributed by atoms with E-state index in [4.69, 9.17) is 10.00 Å². The molecule has 1 unspecified atom stereocenters. The van der Waals surface area contributed by atoms with Gasteiger partial charge in [-0.1, -0.05) is 12.1 Å². The molecule has 2 N–H and O–H groups in total. The molecule has 0 fully saturated rings. The van der Waals surface area contributed by atoms with E-state index in [-0.39, 0.29) is 40.9 Å². The highest BCUT2D eigenvalue weighted by Gasteiger charge is 2.34. The van der Waals surface area contributed by atoms with Crippen molar-refractivity contribution in [3.05, 3.63) is 76.2 Å². The molecule has 1 aliphatic rings. The Morgan fingerprint density at radius 1 is 1.11 bits per heavy atom. The fourth-order valence-electron chi connectivity index (χ4n) is 3.84. The highest BCUT2D eigenvalue weighted by atomic mass is 19.4. The molecule has 0 saturated carbocycles. The number of ether oxygens (including phenoxy) is 1. The summed E-state index contributed by atoms with van der Waals surface area (Å²) >= 11 is 0. The maximum Gasteiger partial charge on any atom is 0.416 e. The van der Waals surface area contributed by atoms with Crippen LogP contribution in [-0.4, -0.2) is 17.5 Å². The Bertz CT molecular complexity index is 1240. The molecule has 36 heavy (non-hydrogen) atoms. The van der Waals surface area contributed by atoms with Gasteiger partial charge in [-0.15, -0.1) is 0 Å². The zero-order valence-corrected chi connectivity index (χ0v) is 19.9. The molecule has 2 aromatic carbocycles. The second kappa shape index (κ2) is 10.4. The first-order valence-corrected chi connectivity index (χ1v) is 11.2. The predicted molar refractivity (Wildman–Crippen MR) is 124 cm³/mol. The van der Waals surface area contributed by atoms with E-state index < -0.39 is 41.1 Å². The number of allylic oxidation sites excluding steroid dienone is 1. The van der Waals surface area contributed by atoms with Gasteiger partial charge in [0.05, 0.1) is 23.2 Å². The van der Waals surface area contributed by atoms with Crippen LogP contribution >= 0.6 is 0 Å². The fraction of sp³-hybridized carbons (Fsp3) is 0.346. The number of rotatable bonds is 5. The lowest BCUT2D eigenvalue weighted by atomic mass is 9.86. The lowest BCUT2D eigenvalue weighted by Gasteiger charge is -2.29. The first-order valence-electron chi connectivity index (χ1n) is 11.2. The second-order valence-corrected chi connectivity index (χ2v) is 9.30. The number of nitrogens with zero attached hydrogens (tertiary/aromatic N) is 1. The quantitative estimate of drug-likeness (QED) is 0.461. The molecule has 190 valence electrons. The molecule has 0 heterocycles. The van der Waals surface area contributed by atoms with Crippen LogP contribution in [0, 0.1) is 17.1 Å². The molecular weight excluding hydrogens is 478 g/mol. The van der Waals surface area contributed by atoms with Gasteiger partial charge in [0.15, 0.2) is 5.78 Å². The van der Waals surface area contributed by atoms with Crippen molar-refractivity contribution in [1.82, 2.24) is 5.32 Å². The summed E-state index contributed by atoms with van der Waals surface area (Å²) in [6.07, 6.45) is -4.68. The number of benzene rings is 2. The molecule has 0 bridgehead atoms. The van der Waals surface area contributed by atoms with E-state index in [1.165, 1.54) is 24.3 Å². The number of amides is 1. The van der Waals surface area contributed by atoms with Crippen LogP contribution in [0.15, 0.2) is 53.7 Å². The second-order valence-electron chi connectivity index (χ2n) is 9.30. The monoisotopic (exact) mass is 503 g/mol. The molecule has 0 radical (unpaired) electrons. The molecule has 0 spiro atoms. The van der Waals surface area contributed by atoms with Gasteiger partial charge >= 0.3 is 12.3 Å². The molecule has 0 aliphatic heterocycles. The van der Waals surface area contributed by atoms with Crippen molar-refractivity contribution in [1.29, 1.82) is 5.26 Å². The summed E-state index contributed by atoms with van der Waals surface area (Å²) in [6.45, 7) is 4.90. The Morgan fingerprint density at radius 3 is 2.44 bits per heavy atom. The topological polar surface area (TPSA) is 91.2 Å². The van der Waals surface area contributed by atoms with Gasteiger partial charge in [-0.05, 0) is 63.9 Å². The summed E-state index contributed by atoms with van der Waals surface area (Å²) in [7, 11) is 0. The SMILES string of the molecule is CC(C)(C)OC(=O)NC(C1=C(Nc2cccc(C(F)(F)F)c2)CCCC1=O)c1ccc(C#N)cc1F. The maximum atomic E-state index is 15.1. The zero-order chi connectivity index (χ0) is 26.7. The van der Waals surface area contributed by atoms with E-state index in [9.17, 15) is 22.8 Å². The van der Waals surface area contributed by atoms with Crippen LogP contribution in [0.3, 0.4) is 0 Å². The van der Waals surface area contributed by atoms with Gasteiger partial charge in [-0.2, -0.15) is 18.4 Å². The zero-order valence-electron chi connectivity index (χ0n) is 19.9. The minimum absolute atomic E-state index is 0.00753. The van der Waals surface area contributed by atoms with Gasteiger partial charge in [0.25, 0.3) is 0 Å². The van der Waals surface area contributed by atoms with Crippen LogP contribution in [0.1, 0.15) is 62.8 Å². The average molecular weight is 503 g/mol. The highest BCUT2D eigenvalue weighted by Crippen LogP contribution is 2.36. The van der Waals surface area contributed by atoms with E-state index in [1.54, 1.807) is 20.8 Å². The summed E-state index contributed by atoms with van der Waals surface area (Å²) in [5.74, 6) is -1.24. The van der Waals surface area contributed by atoms with Crippen molar-refractivity contribution in [2.45, 2.75) is 57.9 Å². The average Bonchev–Trinajstić information content (AvgIpc) is 2.76. The number of alkyl carbamates (subject to hydrolysis) is 1. The number of carbonyl (C=O) groups is 2. The van der Waals surface area contributed by atoms with Crippen molar-refractivity contribution in [2.24, 2.45) is 0 Å². The van der Waals surface area contributed by atoms with Gasteiger partial charge < -0.3 is 15.4 Å². The molecule has 1 amide bonds. The Labute approximate surface area is 205 Å². The number of Topliss-reactive ketones (excluding diaryl/α,β-unsaturated/α-hetero) is 1. The third-order valence-electron chi connectivity index (χ3n) is 5.33. The van der Waals surface area contributed by atoms with Gasteiger partial charge in [0.1, 0.15) is 11.4 Å². The summed E-state index contributed by atoms with van der Waals surface area (Å²) < 4.78 is 60.0. The molecule has 3 rings (SSSR count). The Hall–Kier alpha value is -3.87. The smallest absolute Gasteiger partial charge is 0.416 e. The first-order chi connectivity index (χ1) is 16.8. The van der Waals surface area contributed by atoms with Crippen molar-refractivity contribution in [3.63, 3.8) is 0 Å². The number of ketones is 1. The van der Waals surface area contributed by atoms with E-state index in [1.807, 2.05) is 6.07 Å². The van der Waals surface area contributed by atoms with Crippen molar-refractivity contribution >= 4 is 17.6 Å². The van der Waals surface area contributed by atoms with Crippen LogP contribution in [0.2, 0.25) is 0 Å². The van der Waals surface area contributed by atoms with Gasteiger partial charge in [0.2, 0.25) is 0 Å². The minimum atomic E-state index is -4.57. The third-order valence-corrected chi connectivity index (χ3v) is 5.33.